The molecule has 2 rings (SSSR count). The van der Waals surface area contributed by atoms with Crippen molar-refractivity contribution in [3.05, 3.63) is 17.8 Å². The molecule has 1 saturated carbocycles. The van der Waals surface area contributed by atoms with Crippen LogP contribution in [-0.4, -0.2) is 31.2 Å². The molecule has 1 aliphatic rings. The van der Waals surface area contributed by atoms with Gasteiger partial charge in [-0.3, -0.25) is 0 Å². The maximum Gasteiger partial charge on any atom is 0.340 e. The number of pyridine rings is 1. The number of methoxy groups -OCH3 is 1. The summed E-state index contributed by atoms with van der Waals surface area (Å²) in [5.74, 6) is 1.17. The van der Waals surface area contributed by atoms with Gasteiger partial charge in [-0.1, -0.05) is 6.92 Å². The zero-order valence-corrected chi connectivity index (χ0v) is 11.6. The third kappa shape index (κ3) is 3.36. The number of anilines is 2. The molecule has 0 aliphatic heterocycles. The number of hydrogen-bond acceptors (Lipinski definition) is 5. The average molecular weight is 263 g/mol. The molecule has 0 spiro atoms. The molecule has 1 aliphatic carbocycles. The van der Waals surface area contributed by atoms with Crippen LogP contribution in [0.4, 0.5) is 11.5 Å². The molecule has 5 nitrogen and oxygen atoms in total. The Hall–Kier alpha value is -1.78. The van der Waals surface area contributed by atoms with Crippen LogP contribution in [0.5, 0.6) is 0 Å². The fourth-order valence-electron chi connectivity index (χ4n) is 2.10. The molecule has 19 heavy (non-hydrogen) atoms. The van der Waals surface area contributed by atoms with E-state index in [9.17, 15) is 4.79 Å². The third-order valence-corrected chi connectivity index (χ3v) is 3.32. The van der Waals surface area contributed by atoms with E-state index in [2.05, 4.69) is 16.8 Å². The summed E-state index contributed by atoms with van der Waals surface area (Å²) in [5, 5.41) is 0. The van der Waals surface area contributed by atoms with Crippen molar-refractivity contribution >= 4 is 17.5 Å². The highest BCUT2D eigenvalue weighted by Crippen LogP contribution is 2.31. The molecule has 0 amide bonds. The number of carbonyl (C=O) groups is 1. The molecule has 0 bridgehead atoms. The maximum atomic E-state index is 11.7. The summed E-state index contributed by atoms with van der Waals surface area (Å²) >= 11 is 0. The van der Waals surface area contributed by atoms with Crippen LogP contribution in [0.15, 0.2) is 12.3 Å². The molecule has 1 aromatic heterocycles. The van der Waals surface area contributed by atoms with Crippen molar-refractivity contribution in [1.29, 1.82) is 0 Å². The van der Waals surface area contributed by atoms with E-state index in [0.29, 0.717) is 11.3 Å². The molecule has 104 valence electrons. The van der Waals surface area contributed by atoms with Crippen LogP contribution in [0.1, 0.15) is 36.5 Å². The van der Waals surface area contributed by atoms with E-state index in [0.717, 1.165) is 31.2 Å². The van der Waals surface area contributed by atoms with Crippen LogP contribution < -0.4 is 10.6 Å². The molecule has 1 heterocycles. The number of nitrogens with zero attached hydrogens (tertiary/aromatic N) is 2. The minimum atomic E-state index is -0.413. The predicted octanol–water partition coefficient (Wildman–Crippen LogP) is 2.08. The second kappa shape index (κ2) is 5.91. The largest absolute Gasteiger partial charge is 0.465 e. The number of aromatic nitrogens is 1. The highest BCUT2D eigenvalue weighted by molar-refractivity contribution is 5.95. The summed E-state index contributed by atoms with van der Waals surface area (Å²) in [4.78, 5) is 18.2. The SMILES string of the molecule is CCCN(CC1CC1)c1cc(C(=O)OC)c(N)cn1. The first kappa shape index (κ1) is 13.6. The Kier molecular flexibility index (Phi) is 4.24. The quantitative estimate of drug-likeness (QED) is 0.796. The second-order valence-electron chi connectivity index (χ2n) is 5.01. The minimum Gasteiger partial charge on any atom is -0.465 e. The molecule has 0 aromatic carbocycles. The number of carbonyl (C=O) groups excluding carboxylic acids is 1. The minimum absolute atomic E-state index is 0.360. The summed E-state index contributed by atoms with van der Waals surface area (Å²) in [5.41, 5.74) is 6.52. The Labute approximate surface area is 113 Å². The van der Waals surface area contributed by atoms with E-state index in [4.69, 9.17) is 10.5 Å². The first-order valence-corrected chi connectivity index (χ1v) is 6.74. The molecule has 0 unspecified atom stereocenters. The lowest BCUT2D eigenvalue weighted by Crippen LogP contribution is -2.27. The van der Waals surface area contributed by atoms with Gasteiger partial charge in [-0.25, -0.2) is 9.78 Å². The first-order chi connectivity index (χ1) is 9.15. The Morgan fingerprint density at radius 3 is 2.89 bits per heavy atom. The molecule has 5 heteroatoms. The predicted molar refractivity (Wildman–Crippen MR) is 75.2 cm³/mol. The Balaban J connectivity index is 2.23. The highest BCUT2D eigenvalue weighted by atomic mass is 16.5. The van der Waals surface area contributed by atoms with Gasteiger partial charge in [0.1, 0.15) is 5.82 Å². The van der Waals surface area contributed by atoms with Crippen molar-refractivity contribution in [1.82, 2.24) is 4.98 Å². The van der Waals surface area contributed by atoms with Gasteiger partial charge in [0, 0.05) is 13.1 Å². The van der Waals surface area contributed by atoms with Gasteiger partial charge in [-0.2, -0.15) is 0 Å². The first-order valence-electron chi connectivity index (χ1n) is 6.74. The van der Waals surface area contributed by atoms with Gasteiger partial charge in [0.05, 0.1) is 24.6 Å². The molecular weight excluding hydrogens is 242 g/mol. The zero-order chi connectivity index (χ0) is 13.8. The molecule has 2 N–H and O–H groups in total. The number of ether oxygens (including phenoxy) is 1. The molecule has 1 fully saturated rings. The highest BCUT2D eigenvalue weighted by Gasteiger charge is 2.25. The second-order valence-corrected chi connectivity index (χ2v) is 5.01. The summed E-state index contributed by atoms with van der Waals surface area (Å²) in [6.45, 7) is 4.08. The van der Waals surface area contributed by atoms with Gasteiger partial charge in [-0.05, 0) is 31.2 Å². The maximum absolute atomic E-state index is 11.7. The van der Waals surface area contributed by atoms with Crippen molar-refractivity contribution in [2.24, 2.45) is 5.92 Å². The summed E-state index contributed by atoms with van der Waals surface area (Å²) in [6.07, 6.45) is 5.17. The van der Waals surface area contributed by atoms with E-state index < -0.39 is 5.97 Å². The van der Waals surface area contributed by atoms with Crippen molar-refractivity contribution in [3.63, 3.8) is 0 Å². The van der Waals surface area contributed by atoms with E-state index in [-0.39, 0.29) is 0 Å². The summed E-state index contributed by atoms with van der Waals surface area (Å²) in [6, 6.07) is 1.74. The van der Waals surface area contributed by atoms with Gasteiger partial charge in [0.2, 0.25) is 0 Å². The monoisotopic (exact) mass is 263 g/mol. The molecular formula is C14H21N3O2. The van der Waals surface area contributed by atoms with Gasteiger partial charge in [-0.15, -0.1) is 0 Å². The summed E-state index contributed by atoms with van der Waals surface area (Å²) in [7, 11) is 1.36. The molecule has 0 atom stereocenters. The average Bonchev–Trinajstić information content (AvgIpc) is 3.22. The van der Waals surface area contributed by atoms with Crippen molar-refractivity contribution < 1.29 is 9.53 Å². The van der Waals surface area contributed by atoms with Crippen LogP contribution >= 0.6 is 0 Å². The van der Waals surface area contributed by atoms with E-state index in [1.165, 1.54) is 26.1 Å². The molecule has 0 radical (unpaired) electrons. The zero-order valence-electron chi connectivity index (χ0n) is 11.6. The lowest BCUT2D eigenvalue weighted by Gasteiger charge is -2.23. The van der Waals surface area contributed by atoms with Crippen molar-refractivity contribution in [3.8, 4) is 0 Å². The van der Waals surface area contributed by atoms with E-state index in [1.807, 2.05) is 0 Å². The van der Waals surface area contributed by atoms with Gasteiger partial charge >= 0.3 is 5.97 Å². The Morgan fingerprint density at radius 1 is 1.58 bits per heavy atom. The smallest absolute Gasteiger partial charge is 0.340 e. The Bertz CT molecular complexity index is 458. The number of nitrogen functional groups attached to an aromatic ring is 1. The number of rotatable bonds is 6. The van der Waals surface area contributed by atoms with Gasteiger partial charge in [0.25, 0.3) is 0 Å². The summed E-state index contributed by atoms with van der Waals surface area (Å²) < 4.78 is 4.74. The third-order valence-electron chi connectivity index (χ3n) is 3.32. The fourth-order valence-corrected chi connectivity index (χ4v) is 2.10. The van der Waals surface area contributed by atoms with Crippen LogP contribution in [-0.2, 0) is 4.74 Å². The van der Waals surface area contributed by atoms with Crippen LogP contribution in [0.25, 0.3) is 0 Å². The number of esters is 1. The molecule has 1 aromatic rings. The topological polar surface area (TPSA) is 68.5 Å². The van der Waals surface area contributed by atoms with Crippen molar-refractivity contribution in [2.75, 3.05) is 30.8 Å². The molecule has 0 saturated heterocycles. The lowest BCUT2D eigenvalue weighted by molar-refractivity contribution is 0.0602. The number of nitrogens with two attached hydrogens (primary N) is 1. The van der Waals surface area contributed by atoms with Crippen LogP contribution in [0.2, 0.25) is 0 Å². The van der Waals surface area contributed by atoms with E-state index in [1.54, 1.807) is 6.07 Å². The standard InChI is InChI=1S/C14H21N3O2/c1-3-6-17(9-10-4-5-10)13-7-11(14(18)19-2)12(15)8-16-13/h7-8,10H,3-6,9,15H2,1-2H3. The van der Waals surface area contributed by atoms with Gasteiger partial charge < -0.3 is 15.4 Å². The van der Waals surface area contributed by atoms with Gasteiger partial charge in [0.15, 0.2) is 0 Å². The van der Waals surface area contributed by atoms with E-state index >= 15 is 0 Å². The lowest BCUT2D eigenvalue weighted by atomic mass is 10.2. The van der Waals surface area contributed by atoms with Crippen molar-refractivity contribution in [2.45, 2.75) is 26.2 Å². The van der Waals surface area contributed by atoms with Crippen LogP contribution in [0, 0.1) is 5.92 Å². The number of hydrogen-bond donors (Lipinski definition) is 1. The Morgan fingerprint density at radius 2 is 2.32 bits per heavy atom. The normalized spacial score (nSPS) is 14.2. The van der Waals surface area contributed by atoms with Crippen LogP contribution in [0.3, 0.4) is 0 Å². The fraction of sp³-hybridized carbons (Fsp3) is 0.571.